The molecule has 1 atom stereocenters. The predicted octanol–water partition coefficient (Wildman–Crippen LogP) is 3.13. The van der Waals surface area contributed by atoms with E-state index in [4.69, 9.17) is 9.16 Å². The van der Waals surface area contributed by atoms with Gasteiger partial charge < -0.3 is 9.16 Å². The minimum atomic E-state index is -2.06. The molecular weight excluding hydrogens is 220 g/mol. The third-order valence-electron chi connectivity index (χ3n) is 2.35. The monoisotopic (exact) mass is 244 g/mol. The summed E-state index contributed by atoms with van der Waals surface area (Å²) >= 11 is 0. The van der Waals surface area contributed by atoms with Crippen LogP contribution in [-0.2, 0) is 14.0 Å². The van der Waals surface area contributed by atoms with Gasteiger partial charge in [0.15, 0.2) is 0 Å². The fraction of sp³-hybridized carbons (Fsp3) is 0.750. The SMILES string of the molecule is C=CCC(C(=O)OCC)[Si](C)(C)OC(C)C. The van der Waals surface area contributed by atoms with E-state index in [0.29, 0.717) is 13.0 Å². The standard InChI is InChI=1S/C12H24O3Si/c1-7-9-11(12(13)14-8-2)16(5,6)15-10(3)4/h7,10-11H,1,8-9H2,2-6H3. The van der Waals surface area contributed by atoms with Gasteiger partial charge in [0.05, 0.1) is 12.1 Å². The Labute approximate surface area is 100.0 Å². The number of hydrogen-bond donors (Lipinski definition) is 0. The Balaban J connectivity index is 4.73. The molecule has 0 heterocycles. The van der Waals surface area contributed by atoms with Crippen molar-refractivity contribution >= 4 is 14.3 Å². The van der Waals surface area contributed by atoms with Gasteiger partial charge in [-0.1, -0.05) is 6.08 Å². The van der Waals surface area contributed by atoms with E-state index in [1.54, 1.807) is 6.08 Å². The maximum absolute atomic E-state index is 11.8. The molecule has 0 rings (SSSR count). The maximum atomic E-state index is 11.8. The summed E-state index contributed by atoms with van der Waals surface area (Å²) in [6.07, 6.45) is 2.54. The second-order valence-corrected chi connectivity index (χ2v) is 8.74. The zero-order valence-electron chi connectivity index (χ0n) is 11.1. The summed E-state index contributed by atoms with van der Waals surface area (Å²) in [6, 6.07) is 0. The van der Waals surface area contributed by atoms with Gasteiger partial charge in [-0.3, -0.25) is 4.79 Å². The third kappa shape index (κ3) is 4.94. The van der Waals surface area contributed by atoms with Gasteiger partial charge in [0.1, 0.15) is 0 Å². The van der Waals surface area contributed by atoms with E-state index in [-0.39, 0.29) is 17.6 Å². The van der Waals surface area contributed by atoms with Gasteiger partial charge in [0.25, 0.3) is 0 Å². The molecule has 0 N–H and O–H groups in total. The van der Waals surface area contributed by atoms with Crippen molar-refractivity contribution in [3.8, 4) is 0 Å². The van der Waals surface area contributed by atoms with Crippen molar-refractivity contribution in [2.24, 2.45) is 0 Å². The van der Waals surface area contributed by atoms with Crippen molar-refractivity contribution in [3.05, 3.63) is 12.7 Å². The van der Waals surface area contributed by atoms with Crippen LogP contribution in [0.4, 0.5) is 0 Å². The summed E-state index contributed by atoms with van der Waals surface area (Å²) in [5.74, 6) is -0.153. The molecule has 4 heteroatoms. The molecule has 0 aliphatic carbocycles. The third-order valence-corrected chi connectivity index (χ3v) is 5.58. The zero-order chi connectivity index (χ0) is 12.8. The average molecular weight is 244 g/mol. The first-order valence-corrected chi connectivity index (χ1v) is 8.79. The van der Waals surface area contributed by atoms with Gasteiger partial charge in [-0.05, 0) is 40.3 Å². The lowest BCUT2D eigenvalue weighted by molar-refractivity contribution is -0.143. The number of rotatable bonds is 7. The van der Waals surface area contributed by atoms with E-state index in [9.17, 15) is 4.79 Å². The van der Waals surface area contributed by atoms with Crippen LogP contribution in [0.2, 0.25) is 18.6 Å². The maximum Gasteiger partial charge on any atom is 0.308 e. The van der Waals surface area contributed by atoms with E-state index < -0.39 is 8.32 Å². The fourth-order valence-corrected chi connectivity index (χ4v) is 4.53. The van der Waals surface area contributed by atoms with E-state index in [1.165, 1.54) is 0 Å². The number of hydrogen-bond acceptors (Lipinski definition) is 3. The van der Waals surface area contributed by atoms with Gasteiger partial charge in [0.2, 0.25) is 8.32 Å². The molecule has 0 bridgehead atoms. The summed E-state index contributed by atoms with van der Waals surface area (Å²) in [4.78, 5) is 11.8. The van der Waals surface area contributed by atoms with Crippen molar-refractivity contribution in [3.63, 3.8) is 0 Å². The Hall–Kier alpha value is -0.613. The molecule has 0 spiro atoms. The highest BCUT2D eigenvalue weighted by atomic mass is 28.4. The van der Waals surface area contributed by atoms with E-state index in [2.05, 4.69) is 19.7 Å². The van der Waals surface area contributed by atoms with Crippen LogP contribution in [0.25, 0.3) is 0 Å². The first-order chi connectivity index (χ1) is 7.35. The lowest BCUT2D eigenvalue weighted by Gasteiger charge is -2.31. The molecule has 0 amide bonds. The van der Waals surface area contributed by atoms with Crippen LogP contribution >= 0.6 is 0 Å². The van der Waals surface area contributed by atoms with Gasteiger partial charge >= 0.3 is 5.97 Å². The number of allylic oxidation sites excluding steroid dienone is 1. The van der Waals surface area contributed by atoms with Crippen molar-refractivity contribution in [2.75, 3.05) is 6.61 Å². The number of carbonyl (C=O) groups is 1. The van der Waals surface area contributed by atoms with Crippen LogP contribution in [0.15, 0.2) is 12.7 Å². The van der Waals surface area contributed by atoms with Gasteiger partial charge in [-0.2, -0.15) is 0 Å². The molecule has 0 aromatic heterocycles. The van der Waals surface area contributed by atoms with E-state index >= 15 is 0 Å². The Bertz CT molecular complexity index is 236. The summed E-state index contributed by atoms with van der Waals surface area (Å²) in [6.45, 7) is 14.0. The summed E-state index contributed by atoms with van der Waals surface area (Å²) < 4.78 is 11.0. The fourth-order valence-electron chi connectivity index (χ4n) is 1.76. The number of esters is 1. The highest BCUT2D eigenvalue weighted by Gasteiger charge is 2.39. The van der Waals surface area contributed by atoms with Crippen LogP contribution in [-0.4, -0.2) is 27.0 Å². The number of ether oxygens (including phenoxy) is 1. The largest absolute Gasteiger partial charge is 0.466 e. The van der Waals surface area contributed by atoms with Crippen molar-refractivity contribution in [2.45, 2.75) is 51.9 Å². The second-order valence-electron chi connectivity index (χ2n) is 4.60. The first kappa shape index (κ1) is 15.4. The Morgan fingerprint density at radius 1 is 1.44 bits per heavy atom. The summed E-state index contributed by atoms with van der Waals surface area (Å²) in [7, 11) is -2.06. The normalized spacial score (nSPS) is 13.6. The summed E-state index contributed by atoms with van der Waals surface area (Å²) in [5.41, 5.74) is -0.160. The Kier molecular flexibility index (Phi) is 6.60. The molecule has 1 unspecified atom stereocenters. The van der Waals surface area contributed by atoms with Crippen LogP contribution in [0.5, 0.6) is 0 Å². The second kappa shape index (κ2) is 6.86. The average Bonchev–Trinajstić information content (AvgIpc) is 2.11. The molecule has 0 aliphatic heterocycles. The van der Waals surface area contributed by atoms with Gasteiger partial charge in [-0.15, -0.1) is 6.58 Å². The van der Waals surface area contributed by atoms with Gasteiger partial charge in [-0.25, -0.2) is 0 Å². The smallest absolute Gasteiger partial charge is 0.308 e. The van der Waals surface area contributed by atoms with Crippen molar-refractivity contribution in [1.82, 2.24) is 0 Å². The molecule has 0 radical (unpaired) electrons. The minimum Gasteiger partial charge on any atom is -0.466 e. The van der Waals surface area contributed by atoms with Crippen molar-refractivity contribution < 1.29 is 14.0 Å². The molecular formula is C12H24O3Si. The van der Waals surface area contributed by atoms with Crippen LogP contribution in [0, 0.1) is 0 Å². The Morgan fingerprint density at radius 3 is 2.38 bits per heavy atom. The van der Waals surface area contributed by atoms with E-state index in [0.717, 1.165) is 0 Å². The molecule has 16 heavy (non-hydrogen) atoms. The molecule has 0 aromatic rings. The molecule has 0 saturated carbocycles. The molecule has 0 aromatic carbocycles. The Morgan fingerprint density at radius 2 is 2.00 bits per heavy atom. The quantitative estimate of drug-likeness (QED) is 0.392. The zero-order valence-corrected chi connectivity index (χ0v) is 12.1. The van der Waals surface area contributed by atoms with Crippen LogP contribution in [0.1, 0.15) is 27.2 Å². The summed E-state index contributed by atoms with van der Waals surface area (Å²) in [5, 5.41) is 0. The molecule has 0 fully saturated rings. The van der Waals surface area contributed by atoms with Crippen LogP contribution < -0.4 is 0 Å². The topological polar surface area (TPSA) is 35.5 Å². The molecule has 0 aliphatic rings. The molecule has 0 saturated heterocycles. The minimum absolute atomic E-state index is 0.142. The highest BCUT2D eigenvalue weighted by molar-refractivity contribution is 6.75. The molecule has 94 valence electrons. The van der Waals surface area contributed by atoms with Crippen molar-refractivity contribution in [1.29, 1.82) is 0 Å². The van der Waals surface area contributed by atoms with E-state index in [1.807, 2.05) is 20.8 Å². The lowest BCUT2D eigenvalue weighted by atomic mass is 10.3. The van der Waals surface area contributed by atoms with Crippen LogP contribution in [0.3, 0.4) is 0 Å². The lowest BCUT2D eigenvalue weighted by Crippen LogP contribution is -2.43. The highest BCUT2D eigenvalue weighted by Crippen LogP contribution is 2.29. The number of carbonyl (C=O) groups excluding carboxylic acids is 1. The first-order valence-electron chi connectivity index (χ1n) is 5.80. The van der Waals surface area contributed by atoms with Gasteiger partial charge in [0, 0.05) is 6.10 Å². The predicted molar refractivity (Wildman–Crippen MR) is 68.9 cm³/mol. The molecule has 3 nitrogen and oxygen atoms in total.